The summed E-state index contributed by atoms with van der Waals surface area (Å²) >= 11 is 0. The average molecular weight is 384 g/mol. The lowest BCUT2D eigenvalue weighted by Gasteiger charge is -2.30. The van der Waals surface area contributed by atoms with Crippen molar-refractivity contribution in [2.45, 2.75) is 31.7 Å². The SMILES string of the molecule is COc1ccc(C2CCCCCN2C(=O)COc2cccc([N+](=O)[O-])c2)cc1. The summed E-state index contributed by atoms with van der Waals surface area (Å²) in [6.45, 7) is 0.529. The van der Waals surface area contributed by atoms with Crippen molar-refractivity contribution >= 4 is 11.6 Å². The van der Waals surface area contributed by atoms with E-state index in [9.17, 15) is 14.9 Å². The molecular weight excluding hydrogens is 360 g/mol. The van der Waals surface area contributed by atoms with Gasteiger partial charge in [-0.1, -0.05) is 31.0 Å². The zero-order chi connectivity index (χ0) is 19.9. The van der Waals surface area contributed by atoms with E-state index >= 15 is 0 Å². The van der Waals surface area contributed by atoms with Crippen molar-refractivity contribution in [2.24, 2.45) is 0 Å². The van der Waals surface area contributed by atoms with Gasteiger partial charge in [-0.3, -0.25) is 14.9 Å². The van der Waals surface area contributed by atoms with Crippen LogP contribution < -0.4 is 9.47 Å². The smallest absolute Gasteiger partial charge is 0.273 e. The van der Waals surface area contributed by atoms with Gasteiger partial charge in [-0.25, -0.2) is 0 Å². The predicted octanol–water partition coefficient (Wildman–Crippen LogP) is 4.13. The van der Waals surface area contributed by atoms with Crippen molar-refractivity contribution in [2.75, 3.05) is 20.3 Å². The largest absolute Gasteiger partial charge is 0.497 e. The second-order valence-electron chi connectivity index (χ2n) is 6.77. The summed E-state index contributed by atoms with van der Waals surface area (Å²) in [5.41, 5.74) is 1.02. The Morgan fingerprint density at radius 3 is 2.64 bits per heavy atom. The number of methoxy groups -OCH3 is 1. The normalized spacial score (nSPS) is 16.9. The lowest BCUT2D eigenvalue weighted by atomic mass is 10.0. The number of carbonyl (C=O) groups excluding carboxylic acids is 1. The number of likely N-dealkylation sites (tertiary alicyclic amines) is 1. The second kappa shape index (κ2) is 9.21. The minimum atomic E-state index is -0.483. The van der Waals surface area contributed by atoms with Gasteiger partial charge in [0.1, 0.15) is 11.5 Å². The molecule has 7 nitrogen and oxygen atoms in total. The fraction of sp³-hybridized carbons (Fsp3) is 0.381. The molecule has 148 valence electrons. The van der Waals surface area contributed by atoms with Crippen LogP contribution in [-0.2, 0) is 4.79 Å². The van der Waals surface area contributed by atoms with Crippen LogP contribution in [0.25, 0.3) is 0 Å². The molecule has 3 rings (SSSR count). The van der Waals surface area contributed by atoms with E-state index in [2.05, 4.69) is 0 Å². The number of carbonyl (C=O) groups is 1. The quantitative estimate of drug-likeness (QED) is 0.552. The van der Waals surface area contributed by atoms with E-state index in [-0.39, 0.29) is 24.2 Å². The molecule has 0 spiro atoms. The lowest BCUT2D eigenvalue weighted by Crippen LogP contribution is -2.38. The van der Waals surface area contributed by atoms with Crippen molar-refractivity contribution in [3.8, 4) is 11.5 Å². The first-order valence-electron chi connectivity index (χ1n) is 9.39. The summed E-state index contributed by atoms with van der Waals surface area (Å²) in [5.74, 6) is 0.983. The number of rotatable bonds is 6. The Morgan fingerprint density at radius 1 is 1.14 bits per heavy atom. The Bertz CT molecular complexity index is 822. The van der Waals surface area contributed by atoms with Crippen LogP contribution in [0, 0.1) is 10.1 Å². The maximum Gasteiger partial charge on any atom is 0.273 e. The lowest BCUT2D eigenvalue weighted by molar-refractivity contribution is -0.384. The number of ether oxygens (including phenoxy) is 2. The molecule has 2 aromatic carbocycles. The Labute approximate surface area is 164 Å². The maximum atomic E-state index is 12.9. The number of non-ortho nitro benzene ring substituents is 1. The number of nitro groups is 1. The van der Waals surface area contributed by atoms with Crippen LogP contribution in [0.15, 0.2) is 48.5 Å². The minimum absolute atomic E-state index is 0.00499. The van der Waals surface area contributed by atoms with Crippen molar-refractivity contribution < 1.29 is 19.2 Å². The number of nitrogens with zero attached hydrogens (tertiary/aromatic N) is 2. The van der Waals surface area contributed by atoms with Crippen molar-refractivity contribution in [1.29, 1.82) is 0 Å². The number of nitro benzene ring substituents is 1. The molecule has 0 aliphatic carbocycles. The zero-order valence-electron chi connectivity index (χ0n) is 15.9. The van der Waals surface area contributed by atoms with Crippen molar-refractivity contribution in [3.63, 3.8) is 0 Å². The maximum absolute atomic E-state index is 12.9. The predicted molar refractivity (Wildman–Crippen MR) is 105 cm³/mol. The second-order valence-corrected chi connectivity index (χ2v) is 6.77. The summed E-state index contributed by atoms with van der Waals surface area (Å²) in [4.78, 5) is 25.2. The van der Waals surface area contributed by atoms with E-state index in [4.69, 9.17) is 9.47 Å². The molecule has 0 saturated carbocycles. The number of benzene rings is 2. The molecule has 1 fully saturated rings. The Morgan fingerprint density at radius 2 is 1.93 bits per heavy atom. The number of amides is 1. The summed E-state index contributed by atoms with van der Waals surface area (Å²) in [6, 6.07) is 13.7. The highest BCUT2D eigenvalue weighted by Crippen LogP contribution is 2.31. The van der Waals surface area contributed by atoms with E-state index < -0.39 is 4.92 Å². The third-order valence-corrected chi connectivity index (χ3v) is 4.96. The summed E-state index contributed by atoms with van der Waals surface area (Å²) < 4.78 is 10.8. The Hall–Kier alpha value is -3.09. The van der Waals surface area contributed by atoms with Crippen LogP contribution >= 0.6 is 0 Å². The van der Waals surface area contributed by atoms with Crippen LogP contribution in [-0.4, -0.2) is 36.0 Å². The molecule has 2 aromatic rings. The van der Waals surface area contributed by atoms with E-state index in [1.165, 1.54) is 12.1 Å². The van der Waals surface area contributed by atoms with Gasteiger partial charge >= 0.3 is 0 Å². The molecule has 1 unspecified atom stereocenters. The average Bonchev–Trinajstić information content (AvgIpc) is 2.98. The Balaban J connectivity index is 1.71. The van der Waals surface area contributed by atoms with Gasteiger partial charge in [-0.15, -0.1) is 0 Å². The third kappa shape index (κ3) is 4.79. The monoisotopic (exact) mass is 384 g/mol. The molecule has 1 aliphatic heterocycles. The molecule has 1 amide bonds. The van der Waals surface area contributed by atoms with E-state index in [0.29, 0.717) is 12.3 Å². The number of hydrogen-bond acceptors (Lipinski definition) is 5. The topological polar surface area (TPSA) is 81.9 Å². The van der Waals surface area contributed by atoms with Crippen molar-refractivity contribution in [1.82, 2.24) is 4.90 Å². The standard InChI is InChI=1S/C21H24N2O5/c1-27-18-11-9-16(10-12-18)20-8-3-2-4-13-22(20)21(24)15-28-19-7-5-6-17(14-19)23(25)26/h5-7,9-12,14,20H,2-4,8,13,15H2,1H3. The molecule has 0 radical (unpaired) electrons. The van der Waals surface area contributed by atoms with Crippen LogP contribution in [0.3, 0.4) is 0 Å². The highest BCUT2D eigenvalue weighted by atomic mass is 16.6. The summed E-state index contributed by atoms with van der Waals surface area (Å²) in [7, 11) is 1.63. The summed E-state index contributed by atoms with van der Waals surface area (Å²) in [5, 5.41) is 10.9. The molecule has 0 N–H and O–H groups in total. The van der Waals surface area contributed by atoms with Crippen molar-refractivity contribution in [3.05, 3.63) is 64.2 Å². The molecule has 0 aromatic heterocycles. The first kappa shape index (κ1) is 19.7. The molecule has 1 aliphatic rings. The minimum Gasteiger partial charge on any atom is -0.497 e. The molecule has 1 heterocycles. The molecule has 1 saturated heterocycles. The third-order valence-electron chi connectivity index (χ3n) is 4.96. The van der Waals surface area contributed by atoms with Crippen LogP contribution in [0.4, 0.5) is 5.69 Å². The molecule has 28 heavy (non-hydrogen) atoms. The molecular formula is C21H24N2O5. The highest BCUT2D eigenvalue weighted by Gasteiger charge is 2.27. The molecule has 0 bridgehead atoms. The van der Waals surface area contributed by atoms with Gasteiger partial charge < -0.3 is 14.4 Å². The summed E-state index contributed by atoms with van der Waals surface area (Å²) in [6.07, 6.45) is 4.00. The fourth-order valence-corrected chi connectivity index (χ4v) is 3.49. The van der Waals surface area contributed by atoms with Gasteiger partial charge in [0, 0.05) is 12.6 Å². The zero-order valence-corrected chi connectivity index (χ0v) is 15.9. The molecule has 7 heteroatoms. The van der Waals surface area contributed by atoms with Crippen LogP contribution in [0.1, 0.15) is 37.3 Å². The Kier molecular flexibility index (Phi) is 6.47. The van der Waals surface area contributed by atoms with E-state index in [1.54, 1.807) is 19.2 Å². The van der Waals surface area contributed by atoms with Gasteiger partial charge in [0.2, 0.25) is 0 Å². The van der Waals surface area contributed by atoms with Gasteiger partial charge in [0.15, 0.2) is 6.61 Å². The van der Waals surface area contributed by atoms with E-state index in [0.717, 1.165) is 37.0 Å². The number of hydrogen-bond donors (Lipinski definition) is 0. The van der Waals surface area contributed by atoms with Gasteiger partial charge in [0.05, 0.1) is 24.1 Å². The van der Waals surface area contributed by atoms with Crippen LogP contribution in [0.5, 0.6) is 11.5 Å². The van der Waals surface area contributed by atoms with E-state index in [1.807, 2.05) is 29.2 Å². The van der Waals surface area contributed by atoms with Gasteiger partial charge in [-0.05, 0) is 36.6 Å². The van der Waals surface area contributed by atoms with Gasteiger partial charge in [-0.2, -0.15) is 0 Å². The van der Waals surface area contributed by atoms with Crippen LogP contribution in [0.2, 0.25) is 0 Å². The molecule has 1 atom stereocenters. The van der Waals surface area contributed by atoms with Gasteiger partial charge in [0.25, 0.3) is 11.6 Å². The first-order chi connectivity index (χ1) is 13.6. The first-order valence-corrected chi connectivity index (χ1v) is 9.39. The highest BCUT2D eigenvalue weighted by molar-refractivity contribution is 5.78. The fourth-order valence-electron chi connectivity index (χ4n) is 3.49.